The van der Waals surface area contributed by atoms with E-state index in [2.05, 4.69) is 14.9 Å². The molecule has 1 aromatic rings. The number of aromatic nitrogens is 2. The Balaban J connectivity index is 2.23. The Morgan fingerprint density at radius 2 is 2.20 bits per heavy atom. The van der Waals surface area contributed by atoms with E-state index < -0.39 is 0 Å². The standard InChI is InChI=1S/C9H13IN4O/c10-7-8(12-5-13-9(7)15)14-3-1-6(11)2-4-14/h5-6H,1-4,11H2,(H,12,13,15). The van der Waals surface area contributed by atoms with Gasteiger partial charge in [0.2, 0.25) is 0 Å². The summed E-state index contributed by atoms with van der Waals surface area (Å²) in [4.78, 5) is 20.3. The van der Waals surface area contributed by atoms with Crippen LogP contribution in [0.3, 0.4) is 0 Å². The van der Waals surface area contributed by atoms with Crippen LogP contribution in [-0.4, -0.2) is 29.1 Å². The highest BCUT2D eigenvalue weighted by molar-refractivity contribution is 14.1. The van der Waals surface area contributed by atoms with Gasteiger partial charge < -0.3 is 15.6 Å². The smallest absolute Gasteiger partial charge is 0.266 e. The van der Waals surface area contributed by atoms with Crippen molar-refractivity contribution in [1.29, 1.82) is 0 Å². The molecular weight excluding hydrogens is 307 g/mol. The number of anilines is 1. The minimum Gasteiger partial charge on any atom is -0.355 e. The van der Waals surface area contributed by atoms with Crippen molar-refractivity contribution in [2.24, 2.45) is 5.73 Å². The van der Waals surface area contributed by atoms with E-state index >= 15 is 0 Å². The van der Waals surface area contributed by atoms with Gasteiger partial charge in [-0.25, -0.2) is 4.98 Å². The maximum absolute atomic E-state index is 11.4. The van der Waals surface area contributed by atoms with Gasteiger partial charge in [0.15, 0.2) is 0 Å². The lowest BCUT2D eigenvalue weighted by Crippen LogP contribution is -2.41. The maximum Gasteiger partial charge on any atom is 0.266 e. The number of hydrogen-bond acceptors (Lipinski definition) is 4. The summed E-state index contributed by atoms with van der Waals surface area (Å²) < 4.78 is 0.658. The molecule has 0 aliphatic carbocycles. The molecule has 1 aliphatic rings. The van der Waals surface area contributed by atoms with Crippen molar-refractivity contribution in [3.05, 3.63) is 20.3 Å². The summed E-state index contributed by atoms with van der Waals surface area (Å²) in [6.45, 7) is 1.77. The molecule has 0 radical (unpaired) electrons. The molecule has 1 fully saturated rings. The second-order valence-corrected chi connectivity index (χ2v) is 4.77. The maximum atomic E-state index is 11.4. The van der Waals surface area contributed by atoms with Gasteiger partial charge in [0.25, 0.3) is 5.56 Å². The predicted octanol–water partition coefficient (Wildman–Crippen LogP) is 0.302. The molecule has 2 rings (SSSR count). The first-order chi connectivity index (χ1) is 7.18. The molecule has 15 heavy (non-hydrogen) atoms. The summed E-state index contributed by atoms with van der Waals surface area (Å²) in [6, 6.07) is 0.293. The number of nitrogens with one attached hydrogen (secondary N) is 1. The fourth-order valence-corrected chi connectivity index (χ4v) is 2.34. The minimum atomic E-state index is -0.0736. The van der Waals surface area contributed by atoms with Gasteiger partial charge in [0, 0.05) is 19.1 Å². The summed E-state index contributed by atoms with van der Waals surface area (Å²) in [6.07, 6.45) is 3.38. The molecule has 0 aromatic carbocycles. The molecule has 0 atom stereocenters. The fraction of sp³-hybridized carbons (Fsp3) is 0.556. The van der Waals surface area contributed by atoms with Crippen molar-refractivity contribution in [1.82, 2.24) is 9.97 Å². The zero-order valence-electron chi connectivity index (χ0n) is 8.24. The third-order valence-electron chi connectivity index (χ3n) is 2.62. The van der Waals surface area contributed by atoms with Crippen LogP contribution in [0.2, 0.25) is 0 Å². The molecule has 0 unspecified atom stereocenters. The number of nitrogens with zero attached hydrogens (tertiary/aromatic N) is 2. The van der Waals surface area contributed by atoms with Gasteiger partial charge in [-0.15, -0.1) is 0 Å². The van der Waals surface area contributed by atoms with Gasteiger partial charge in [0.05, 0.1) is 6.33 Å². The van der Waals surface area contributed by atoms with Crippen LogP contribution >= 0.6 is 22.6 Å². The summed E-state index contributed by atoms with van der Waals surface area (Å²) in [7, 11) is 0. The minimum absolute atomic E-state index is 0.0736. The van der Waals surface area contributed by atoms with Crippen molar-refractivity contribution in [2.75, 3.05) is 18.0 Å². The summed E-state index contributed by atoms with van der Waals surface area (Å²) in [5.74, 6) is 0.784. The molecule has 1 saturated heterocycles. The Morgan fingerprint density at radius 1 is 1.53 bits per heavy atom. The first-order valence-electron chi connectivity index (χ1n) is 4.92. The quantitative estimate of drug-likeness (QED) is 0.730. The molecule has 6 heteroatoms. The molecule has 1 aliphatic heterocycles. The highest BCUT2D eigenvalue weighted by atomic mass is 127. The number of nitrogens with two attached hydrogens (primary N) is 1. The zero-order valence-corrected chi connectivity index (χ0v) is 10.4. The lowest BCUT2D eigenvalue weighted by Gasteiger charge is -2.31. The Labute approximate surface area is 101 Å². The highest BCUT2D eigenvalue weighted by Gasteiger charge is 2.19. The SMILES string of the molecule is NC1CCN(c2nc[nH]c(=O)c2I)CC1. The average Bonchev–Trinajstić information content (AvgIpc) is 2.24. The summed E-state index contributed by atoms with van der Waals surface area (Å²) in [5.41, 5.74) is 5.75. The molecule has 1 aromatic heterocycles. The van der Waals surface area contributed by atoms with Gasteiger partial charge in [-0.05, 0) is 35.4 Å². The van der Waals surface area contributed by atoms with Crippen LogP contribution in [0.5, 0.6) is 0 Å². The van der Waals surface area contributed by atoms with E-state index in [-0.39, 0.29) is 5.56 Å². The third kappa shape index (κ3) is 2.31. The van der Waals surface area contributed by atoms with Crippen LogP contribution in [0.25, 0.3) is 0 Å². The van der Waals surface area contributed by atoms with E-state index in [9.17, 15) is 4.79 Å². The van der Waals surface area contributed by atoms with Crippen LogP contribution in [0.4, 0.5) is 5.82 Å². The van der Waals surface area contributed by atoms with Crippen LogP contribution in [-0.2, 0) is 0 Å². The Bertz CT molecular complexity index is 397. The molecule has 0 saturated carbocycles. The van der Waals surface area contributed by atoms with E-state index in [1.807, 2.05) is 22.6 Å². The molecule has 3 N–H and O–H groups in total. The van der Waals surface area contributed by atoms with Crippen LogP contribution in [0, 0.1) is 3.57 Å². The van der Waals surface area contributed by atoms with Gasteiger partial charge in [0.1, 0.15) is 9.39 Å². The number of piperidine rings is 1. The Morgan fingerprint density at radius 3 is 2.87 bits per heavy atom. The lowest BCUT2D eigenvalue weighted by molar-refractivity contribution is 0.498. The monoisotopic (exact) mass is 320 g/mol. The second kappa shape index (κ2) is 4.48. The Kier molecular flexibility index (Phi) is 3.25. The van der Waals surface area contributed by atoms with Crippen molar-refractivity contribution in [2.45, 2.75) is 18.9 Å². The van der Waals surface area contributed by atoms with Crippen LogP contribution in [0.15, 0.2) is 11.1 Å². The second-order valence-electron chi connectivity index (χ2n) is 3.69. The fourth-order valence-electron chi connectivity index (χ4n) is 1.71. The van der Waals surface area contributed by atoms with Gasteiger partial charge in [-0.3, -0.25) is 4.79 Å². The van der Waals surface area contributed by atoms with Gasteiger partial charge in [-0.1, -0.05) is 0 Å². The molecular formula is C9H13IN4O. The van der Waals surface area contributed by atoms with Crippen LogP contribution < -0.4 is 16.2 Å². The number of rotatable bonds is 1. The highest BCUT2D eigenvalue weighted by Crippen LogP contribution is 2.19. The molecule has 0 spiro atoms. The van der Waals surface area contributed by atoms with Gasteiger partial charge >= 0.3 is 0 Å². The van der Waals surface area contributed by atoms with Crippen molar-refractivity contribution in [3.8, 4) is 0 Å². The predicted molar refractivity (Wildman–Crippen MR) is 67.0 cm³/mol. The third-order valence-corrected chi connectivity index (χ3v) is 3.59. The zero-order chi connectivity index (χ0) is 10.8. The Hall–Kier alpha value is -0.630. The molecule has 5 nitrogen and oxygen atoms in total. The van der Waals surface area contributed by atoms with Crippen LogP contribution in [0.1, 0.15) is 12.8 Å². The number of halogens is 1. The van der Waals surface area contributed by atoms with Gasteiger partial charge in [-0.2, -0.15) is 0 Å². The summed E-state index contributed by atoms with van der Waals surface area (Å²) >= 11 is 2.03. The van der Waals surface area contributed by atoms with E-state index in [0.29, 0.717) is 9.61 Å². The van der Waals surface area contributed by atoms with Crippen molar-refractivity contribution >= 4 is 28.4 Å². The number of H-pyrrole nitrogens is 1. The number of hydrogen-bond donors (Lipinski definition) is 2. The first-order valence-corrected chi connectivity index (χ1v) is 6.00. The largest absolute Gasteiger partial charge is 0.355 e. The van der Waals surface area contributed by atoms with Crippen molar-refractivity contribution in [3.63, 3.8) is 0 Å². The molecule has 0 amide bonds. The average molecular weight is 320 g/mol. The molecule has 82 valence electrons. The topological polar surface area (TPSA) is 75.0 Å². The number of aromatic amines is 1. The first kappa shape index (κ1) is 10.9. The van der Waals surface area contributed by atoms with E-state index in [4.69, 9.17) is 5.73 Å². The van der Waals surface area contributed by atoms with E-state index in [1.165, 1.54) is 6.33 Å². The van der Waals surface area contributed by atoms with E-state index in [1.54, 1.807) is 0 Å². The lowest BCUT2D eigenvalue weighted by atomic mass is 10.1. The molecule has 2 heterocycles. The van der Waals surface area contributed by atoms with E-state index in [0.717, 1.165) is 31.7 Å². The molecule has 0 bridgehead atoms. The van der Waals surface area contributed by atoms with Crippen molar-refractivity contribution < 1.29 is 0 Å². The normalized spacial score (nSPS) is 18.1. The summed E-state index contributed by atoms with van der Waals surface area (Å²) in [5, 5.41) is 0.